The number of hydrogen-bond acceptors (Lipinski definition) is 2. The first-order valence-corrected chi connectivity index (χ1v) is 8.35. The van der Waals surface area contributed by atoms with E-state index in [2.05, 4.69) is 51.3 Å². The highest BCUT2D eigenvalue weighted by molar-refractivity contribution is 14.0. The number of halogens is 1. The lowest BCUT2D eigenvalue weighted by Crippen LogP contribution is -2.42. The summed E-state index contributed by atoms with van der Waals surface area (Å²) in [5, 5.41) is 9.48. The molecule has 1 amide bonds. The number of nitrogens with zero attached hydrogens (tertiary/aromatic N) is 1. The first-order chi connectivity index (χ1) is 11.1. The van der Waals surface area contributed by atoms with E-state index in [0.29, 0.717) is 13.0 Å². The van der Waals surface area contributed by atoms with Crippen LogP contribution in [0.15, 0.2) is 35.3 Å². The molecule has 134 valence electrons. The van der Waals surface area contributed by atoms with Crippen molar-refractivity contribution in [3.63, 3.8) is 0 Å². The fourth-order valence-electron chi connectivity index (χ4n) is 2.67. The van der Waals surface area contributed by atoms with Gasteiger partial charge in [-0.3, -0.25) is 9.79 Å². The summed E-state index contributed by atoms with van der Waals surface area (Å²) in [6.45, 7) is 5.38. The van der Waals surface area contributed by atoms with Crippen LogP contribution in [0.3, 0.4) is 0 Å². The van der Waals surface area contributed by atoms with Crippen molar-refractivity contribution in [1.82, 2.24) is 16.0 Å². The Bertz CT molecular complexity index is 541. The minimum atomic E-state index is 0. The van der Waals surface area contributed by atoms with Gasteiger partial charge in [0.1, 0.15) is 0 Å². The predicted molar refractivity (Wildman–Crippen MR) is 110 cm³/mol. The molecule has 0 atom stereocenters. The first kappa shape index (κ1) is 20.7. The summed E-state index contributed by atoms with van der Waals surface area (Å²) in [5.41, 5.74) is 1.63. The maximum absolute atomic E-state index is 11.6. The van der Waals surface area contributed by atoms with Crippen LogP contribution in [0.4, 0.5) is 0 Å². The second-order valence-electron chi connectivity index (χ2n) is 6.47. The molecule has 3 N–H and O–H groups in total. The van der Waals surface area contributed by atoms with Crippen molar-refractivity contribution in [3.05, 3.63) is 35.9 Å². The third kappa shape index (κ3) is 6.30. The van der Waals surface area contributed by atoms with Gasteiger partial charge in [-0.15, -0.1) is 24.0 Å². The van der Waals surface area contributed by atoms with Gasteiger partial charge < -0.3 is 16.0 Å². The third-order valence-electron chi connectivity index (χ3n) is 4.15. The molecule has 0 spiro atoms. The van der Waals surface area contributed by atoms with Gasteiger partial charge in [-0.05, 0) is 32.3 Å². The van der Waals surface area contributed by atoms with Crippen LogP contribution in [0.2, 0.25) is 0 Å². The molecule has 1 aromatic carbocycles. The number of amides is 1. The fraction of sp³-hybridized carbons (Fsp3) is 0.556. The van der Waals surface area contributed by atoms with Crippen LogP contribution in [0, 0.1) is 0 Å². The largest absolute Gasteiger partial charge is 0.356 e. The maximum Gasteiger partial charge on any atom is 0.221 e. The standard InChI is InChI=1S/C18H28N4O.HI/c1-14(2)22-16(23)9-12-20-17(19-3)21-13-18(10-11-18)15-7-5-4-6-8-15;/h4-8,14H,9-13H2,1-3H3,(H,22,23)(H2,19,20,21);1H. The second-order valence-corrected chi connectivity index (χ2v) is 6.47. The average molecular weight is 444 g/mol. The van der Waals surface area contributed by atoms with Gasteiger partial charge in [0.25, 0.3) is 0 Å². The van der Waals surface area contributed by atoms with Crippen LogP contribution < -0.4 is 16.0 Å². The van der Waals surface area contributed by atoms with Gasteiger partial charge in [0.15, 0.2) is 5.96 Å². The number of aliphatic imine (C=N–C) groups is 1. The summed E-state index contributed by atoms with van der Waals surface area (Å²) in [4.78, 5) is 15.9. The van der Waals surface area contributed by atoms with Gasteiger partial charge in [-0.1, -0.05) is 30.3 Å². The Morgan fingerprint density at radius 3 is 2.42 bits per heavy atom. The molecule has 0 aliphatic heterocycles. The molecule has 1 saturated carbocycles. The highest BCUT2D eigenvalue weighted by Crippen LogP contribution is 2.47. The van der Waals surface area contributed by atoms with Crippen molar-refractivity contribution in [1.29, 1.82) is 0 Å². The molecule has 5 nitrogen and oxygen atoms in total. The molecule has 6 heteroatoms. The summed E-state index contributed by atoms with van der Waals surface area (Å²) in [5.74, 6) is 0.815. The lowest BCUT2D eigenvalue weighted by atomic mass is 9.96. The molecule has 0 bridgehead atoms. The van der Waals surface area contributed by atoms with Crippen molar-refractivity contribution in [2.75, 3.05) is 20.1 Å². The third-order valence-corrected chi connectivity index (χ3v) is 4.15. The molecule has 0 unspecified atom stereocenters. The van der Waals surface area contributed by atoms with Crippen LogP contribution in [-0.2, 0) is 10.2 Å². The number of carbonyl (C=O) groups is 1. The van der Waals surface area contributed by atoms with Crippen LogP contribution in [0.5, 0.6) is 0 Å². The molecule has 1 aliphatic rings. The quantitative estimate of drug-likeness (QED) is 0.344. The van der Waals surface area contributed by atoms with E-state index in [-0.39, 0.29) is 41.3 Å². The molecule has 0 radical (unpaired) electrons. The second kappa shape index (κ2) is 9.86. The molecular formula is C18H29IN4O. The summed E-state index contributed by atoms with van der Waals surface area (Å²) >= 11 is 0. The zero-order valence-corrected chi connectivity index (χ0v) is 17.1. The van der Waals surface area contributed by atoms with Gasteiger partial charge in [-0.25, -0.2) is 0 Å². The Labute approximate surface area is 162 Å². The maximum atomic E-state index is 11.6. The first-order valence-electron chi connectivity index (χ1n) is 8.35. The number of benzene rings is 1. The van der Waals surface area contributed by atoms with E-state index in [4.69, 9.17) is 0 Å². The zero-order chi connectivity index (χ0) is 16.7. The van der Waals surface area contributed by atoms with Crippen LogP contribution in [-0.4, -0.2) is 38.0 Å². The summed E-state index contributed by atoms with van der Waals surface area (Å²) in [7, 11) is 1.76. The highest BCUT2D eigenvalue weighted by Gasteiger charge is 2.43. The summed E-state index contributed by atoms with van der Waals surface area (Å²) < 4.78 is 0. The topological polar surface area (TPSA) is 65.5 Å². The molecule has 24 heavy (non-hydrogen) atoms. The van der Waals surface area contributed by atoms with Crippen molar-refractivity contribution in [2.45, 2.75) is 44.6 Å². The number of carbonyl (C=O) groups excluding carboxylic acids is 1. The minimum absolute atomic E-state index is 0. The zero-order valence-electron chi connectivity index (χ0n) is 14.8. The van der Waals surface area contributed by atoms with Crippen LogP contribution in [0.25, 0.3) is 0 Å². The van der Waals surface area contributed by atoms with Crippen molar-refractivity contribution in [3.8, 4) is 0 Å². The molecule has 0 aromatic heterocycles. The lowest BCUT2D eigenvalue weighted by Gasteiger charge is -2.19. The molecule has 2 rings (SSSR count). The van der Waals surface area contributed by atoms with E-state index in [1.807, 2.05) is 13.8 Å². The SMILES string of the molecule is CN=C(NCCC(=O)NC(C)C)NCC1(c2ccccc2)CC1.I. The monoisotopic (exact) mass is 444 g/mol. The molecule has 1 fully saturated rings. The van der Waals surface area contributed by atoms with Gasteiger partial charge in [0, 0.05) is 38.0 Å². The number of rotatable bonds is 7. The number of hydrogen-bond donors (Lipinski definition) is 3. The molecular weight excluding hydrogens is 415 g/mol. The van der Waals surface area contributed by atoms with Crippen molar-refractivity contribution < 1.29 is 4.79 Å². The summed E-state index contributed by atoms with van der Waals surface area (Å²) in [6.07, 6.45) is 2.86. The van der Waals surface area contributed by atoms with Gasteiger partial charge >= 0.3 is 0 Å². The normalized spacial score (nSPS) is 15.4. The summed E-state index contributed by atoms with van der Waals surface area (Å²) in [6, 6.07) is 10.8. The van der Waals surface area contributed by atoms with Crippen molar-refractivity contribution in [2.24, 2.45) is 4.99 Å². The molecule has 0 saturated heterocycles. The van der Waals surface area contributed by atoms with E-state index < -0.39 is 0 Å². The van der Waals surface area contributed by atoms with Gasteiger partial charge in [0.05, 0.1) is 0 Å². The predicted octanol–water partition coefficient (Wildman–Crippen LogP) is 2.42. The number of nitrogens with one attached hydrogen (secondary N) is 3. The van der Waals surface area contributed by atoms with Gasteiger partial charge in [0.2, 0.25) is 5.91 Å². The molecule has 1 aliphatic carbocycles. The van der Waals surface area contributed by atoms with E-state index >= 15 is 0 Å². The molecule has 1 aromatic rings. The Kier molecular flexibility index (Phi) is 8.52. The Morgan fingerprint density at radius 2 is 1.88 bits per heavy atom. The fourth-order valence-corrected chi connectivity index (χ4v) is 2.67. The van der Waals surface area contributed by atoms with E-state index in [1.165, 1.54) is 18.4 Å². The van der Waals surface area contributed by atoms with Gasteiger partial charge in [-0.2, -0.15) is 0 Å². The minimum Gasteiger partial charge on any atom is -0.356 e. The lowest BCUT2D eigenvalue weighted by molar-refractivity contribution is -0.121. The number of guanidine groups is 1. The Morgan fingerprint density at radius 1 is 1.21 bits per heavy atom. The van der Waals surface area contributed by atoms with Crippen LogP contribution >= 0.6 is 24.0 Å². The highest BCUT2D eigenvalue weighted by atomic mass is 127. The van der Waals surface area contributed by atoms with Crippen molar-refractivity contribution >= 4 is 35.8 Å². The smallest absolute Gasteiger partial charge is 0.221 e. The van der Waals surface area contributed by atoms with E-state index in [9.17, 15) is 4.79 Å². The molecule has 0 heterocycles. The van der Waals surface area contributed by atoms with E-state index in [0.717, 1.165) is 12.5 Å². The average Bonchev–Trinajstić information content (AvgIpc) is 3.32. The Hall–Kier alpha value is -1.31. The Balaban J connectivity index is 0.00000288. The van der Waals surface area contributed by atoms with E-state index in [1.54, 1.807) is 7.05 Å². The van der Waals surface area contributed by atoms with Crippen LogP contribution in [0.1, 0.15) is 38.7 Å².